The van der Waals surface area contributed by atoms with Crippen molar-refractivity contribution in [3.63, 3.8) is 0 Å². The third-order valence-corrected chi connectivity index (χ3v) is 4.04. The quantitative estimate of drug-likeness (QED) is 0.796. The minimum atomic E-state index is -0.223. The van der Waals surface area contributed by atoms with Crippen molar-refractivity contribution in [1.29, 1.82) is 0 Å². The molecule has 0 aromatic heterocycles. The topological polar surface area (TPSA) is 58.6 Å². The van der Waals surface area contributed by atoms with Crippen molar-refractivity contribution in [2.75, 3.05) is 25.4 Å². The van der Waals surface area contributed by atoms with E-state index in [1.165, 1.54) is 16.7 Å². The second-order valence-electron chi connectivity index (χ2n) is 4.05. The Morgan fingerprint density at radius 1 is 1.40 bits per heavy atom. The number of hydrogen-bond donors (Lipinski definition) is 1. The lowest BCUT2D eigenvalue weighted by atomic mass is 10.3. The molecule has 0 saturated carbocycles. The molecule has 1 aromatic carbocycles. The summed E-state index contributed by atoms with van der Waals surface area (Å²) in [6, 6.07) is 9.12. The fraction of sp³-hybridized carbons (Fsp3) is 0.308. The van der Waals surface area contributed by atoms with Crippen molar-refractivity contribution in [1.82, 2.24) is 10.2 Å². The zero-order valence-electron chi connectivity index (χ0n) is 10.7. The second kappa shape index (κ2) is 7.25. The van der Waals surface area contributed by atoms with Crippen LogP contribution in [0.15, 0.2) is 30.3 Å². The van der Waals surface area contributed by atoms with Crippen LogP contribution in [-0.2, 0) is 9.59 Å². The summed E-state index contributed by atoms with van der Waals surface area (Å²) in [5.41, 5.74) is 0. The average molecular weight is 310 g/mol. The highest BCUT2D eigenvalue weighted by molar-refractivity contribution is 8.23. The van der Waals surface area contributed by atoms with E-state index in [1.807, 2.05) is 18.2 Å². The number of benzene rings is 1. The molecule has 1 saturated heterocycles. The van der Waals surface area contributed by atoms with Crippen LogP contribution in [0.3, 0.4) is 0 Å². The van der Waals surface area contributed by atoms with Crippen LogP contribution in [0.5, 0.6) is 5.75 Å². The van der Waals surface area contributed by atoms with Gasteiger partial charge < -0.3 is 10.1 Å². The van der Waals surface area contributed by atoms with Gasteiger partial charge in [0, 0.05) is 13.1 Å². The number of carbonyl (C=O) groups excluding carboxylic acids is 2. The van der Waals surface area contributed by atoms with Crippen LogP contribution in [-0.4, -0.2) is 46.5 Å². The van der Waals surface area contributed by atoms with Crippen LogP contribution >= 0.6 is 24.0 Å². The van der Waals surface area contributed by atoms with Crippen molar-refractivity contribution < 1.29 is 14.3 Å². The molecule has 0 atom stereocenters. The van der Waals surface area contributed by atoms with Crippen molar-refractivity contribution in [3.8, 4) is 5.75 Å². The highest BCUT2D eigenvalue weighted by Gasteiger charge is 2.25. The zero-order valence-corrected chi connectivity index (χ0v) is 12.3. The second-order valence-corrected chi connectivity index (χ2v) is 5.66. The minimum Gasteiger partial charge on any atom is -0.484 e. The van der Waals surface area contributed by atoms with Gasteiger partial charge in [-0.2, -0.15) is 0 Å². The summed E-state index contributed by atoms with van der Waals surface area (Å²) in [5, 5.41) is 2.69. The van der Waals surface area contributed by atoms with Crippen LogP contribution in [0, 0.1) is 0 Å². The van der Waals surface area contributed by atoms with Crippen LogP contribution in [0.4, 0.5) is 0 Å². The van der Waals surface area contributed by atoms with E-state index < -0.39 is 0 Å². The molecule has 1 aliphatic heterocycles. The van der Waals surface area contributed by atoms with Crippen molar-refractivity contribution in [2.45, 2.75) is 0 Å². The number of amides is 2. The average Bonchev–Trinajstić information content (AvgIpc) is 2.78. The molecule has 0 aliphatic carbocycles. The fourth-order valence-electron chi connectivity index (χ4n) is 1.62. The van der Waals surface area contributed by atoms with E-state index in [2.05, 4.69) is 5.32 Å². The summed E-state index contributed by atoms with van der Waals surface area (Å²) in [6.07, 6.45) is 0. The number of nitrogens with zero attached hydrogens (tertiary/aromatic N) is 1. The Morgan fingerprint density at radius 3 is 2.80 bits per heavy atom. The lowest BCUT2D eigenvalue weighted by molar-refractivity contribution is -0.125. The van der Waals surface area contributed by atoms with E-state index in [-0.39, 0.29) is 18.4 Å². The first-order valence-electron chi connectivity index (χ1n) is 6.08. The molecule has 106 valence electrons. The van der Waals surface area contributed by atoms with Gasteiger partial charge >= 0.3 is 0 Å². The highest BCUT2D eigenvalue weighted by Crippen LogP contribution is 2.18. The third kappa shape index (κ3) is 4.21. The van der Waals surface area contributed by atoms with Gasteiger partial charge in [0.2, 0.25) is 5.91 Å². The molecule has 0 bridgehead atoms. The number of nitrogens with one attached hydrogen (secondary N) is 1. The van der Waals surface area contributed by atoms with Gasteiger partial charge in [-0.3, -0.25) is 14.5 Å². The van der Waals surface area contributed by atoms with E-state index in [4.69, 9.17) is 17.0 Å². The predicted molar refractivity (Wildman–Crippen MR) is 81.7 cm³/mol. The van der Waals surface area contributed by atoms with Gasteiger partial charge in [-0.05, 0) is 12.1 Å². The first kappa shape index (κ1) is 14.8. The molecule has 2 amide bonds. The minimum absolute atomic E-state index is 0.00483. The molecular weight excluding hydrogens is 296 g/mol. The fourth-order valence-corrected chi connectivity index (χ4v) is 2.74. The van der Waals surface area contributed by atoms with Gasteiger partial charge in [0.1, 0.15) is 10.1 Å². The maximum atomic E-state index is 11.6. The van der Waals surface area contributed by atoms with Gasteiger partial charge in [0.15, 0.2) is 6.61 Å². The molecule has 20 heavy (non-hydrogen) atoms. The van der Waals surface area contributed by atoms with Gasteiger partial charge in [-0.25, -0.2) is 0 Å². The number of carbonyl (C=O) groups is 2. The molecule has 7 heteroatoms. The Kier molecular flexibility index (Phi) is 5.37. The van der Waals surface area contributed by atoms with Gasteiger partial charge in [0.25, 0.3) is 5.91 Å². The molecule has 1 aromatic rings. The molecule has 5 nitrogen and oxygen atoms in total. The Bertz CT molecular complexity index is 492. The first-order chi connectivity index (χ1) is 9.66. The van der Waals surface area contributed by atoms with E-state index in [0.29, 0.717) is 28.9 Å². The Labute approximate surface area is 126 Å². The smallest absolute Gasteiger partial charge is 0.258 e. The first-order valence-corrected chi connectivity index (χ1v) is 7.48. The zero-order chi connectivity index (χ0) is 14.4. The molecule has 1 fully saturated rings. The Morgan fingerprint density at radius 2 is 2.15 bits per heavy atom. The predicted octanol–water partition coefficient (Wildman–Crippen LogP) is 1.04. The summed E-state index contributed by atoms with van der Waals surface area (Å²) >= 11 is 6.39. The molecule has 1 N–H and O–H groups in total. The van der Waals surface area contributed by atoms with Crippen LogP contribution in [0.1, 0.15) is 0 Å². The molecular formula is C13H14N2O3S2. The lowest BCUT2D eigenvalue weighted by Crippen LogP contribution is -2.38. The Balaban J connectivity index is 1.65. The third-order valence-electron chi connectivity index (χ3n) is 2.61. The summed E-state index contributed by atoms with van der Waals surface area (Å²) in [4.78, 5) is 24.5. The summed E-state index contributed by atoms with van der Waals surface area (Å²) in [7, 11) is 0. The molecule has 2 rings (SSSR count). The summed E-state index contributed by atoms with van der Waals surface area (Å²) in [6.45, 7) is 0.725. The molecule has 0 unspecified atom stereocenters. The van der Waals surface area contributed by atoms with Crippen LogP contribution in [0.2, 0.25) is 0 Å². The summed E-state index contributed by atoms with van der Waals surface area (Å²) < 4.78 is 5.88. The monoisotopic (exact) mass is 310 g/mol. The van der Waals surface area contributed by atoms with E-state index in [1.54, 1.807) is 12.1 Å². The van der Waals surface area contributed by atoms with Crippen LogP contribution in [0.25, 0.3) is 0 Å². The maximum absolute atomic E-state index is 11.6. The van der Waals surface area contributed by atoms with Crippen molar-refractivity contribution in [2.24, 2.45) is 0 Å². The standard InChI is InChI=1S/C13H14N2O3S2/c16-11(8-18-10-4-2-1-3-5-10)14-6-7-15-12(17)9-20-13(15)19/h1-5H,6-9H2,(H,14,16). The number of ether oxygens (including phenoxy) is 1. The largest absolute Gasteiger partial charge is 0.484 e. The van der Waals surface area contributed by atoms with Gasteiger partial charge in [0.05, 0.1) is 5.75 Å². The van der Waals surface area contributed by atoms with Crippen molar-refractivity contribution in [3.05, 3.63) is 30.3 Å². The molecule has 0 spiro atoms. The molecule has 1 heterocycles. The number of para-hydroxylation sites is 1. The number of thioether (sulfide) groups is 1. The number of thiocarbonyl (C=S) groups is 1. The van der Waals surface area contributed by atoms with Crippen LogP contribution < -0.4 is 10.1 Å². The Hall–Kier alpha value is -1.60. The van der Waals surface area contributed by atoms with Gasteiger partial charge in [-0.15, -0.1) is 0 Å². The lowest BCUT2D eigenvalue weighted by Gasteiger charge is -2.15. The normalized spacial score (nSPS) is 14.5. The van der Waals surface area contributed by atoms with Gasteiger partial charge in [-0.1, -0.05) is 42.2 Å². The SMILES string of the molecule is O=C(COc1ccccc1)NCCN1C(=O)CSC1=S. The maximum Gasteiger partial charge on any atom is 0.258 e. The highest BCUT2D eigenvalue weighted by atomic mass is 32.2. The molecule has 1 aliphatic rings. The summed E-state index contributed by atoms with van der Waals surface area (Å²) in [5.74, 6) is 0.813. The number of rotatable bonds is 6. The van der Waals surface area contributed by atoms with E-state index >= 15 is 0 Å². The van der Waals surface area contributed by atoms with E-state index in [0.717, 1.165) is 0 Å². The number of hydrogen-bond acceptors (Lipinski definition) is 5. The van der Waals surface area contributed by atoms with E-state index in [9.17, 15) is 9.59 Å². The van der Waals surface area contributed by atoms with Crippen molar-refractivity contribution >= 4 is 40.1 Å². The molecule has 0 radical (unpaired) electrons.